The minimum Gasteiger partial charge on any atom is -0.493 e. The molecule has 0 fully saturated rings. The minimum atomic E-state index is -0.993. The molecule has 2 aromatic carbocycles. The fourth-order valence-electron chi connectivity index (χ4n) is 2.59. The highest BCUT2D eigenvalue weighted by atomic mass is 16.5. The van der Waals surface area contributed by atoms with Gasteiger partial charge in [0.25, 0.3) is 0 Å². The molecule has 5 heteroatoms. The van der Waals surface area contributed by atoms with Crippen LogP contribution in [0.2, 0.25) is 0 Å². The van der Waals surface area contributed by atoms with Gasteiger partial charge in [-0.1, -0.05) is 24.3 Å². The molecule has 24 heavy (non-hydrogen) atoms. The van der Waals surface area contributed by atoms with Crippen LogP contribution in [-0.4, -0.2) is 23.6 Å². The van der Waals surface area contributed by atoms with Crippen molar-refractivity contribution in [3.63, 3.8) is 0 Å². The number of carbonyl (C=O) groups is 2. The summed E-state index contributed by atoms with van der Waals surface area (Å²) < 4.78 is 5.46. The molecule has 2 N–H and O–H groups in total. The molecule has 1 aliphatic rings. The van der Waals surface area contributed by atoms with Gasteiger partial charge < -0.3 is 15.2 Å². The Kier molecular flexibility index (Phi) is 4.61. The third kappa shape index (κ3) is 4.01. The van der Waals surface area contributed by atoms with Crippen molar-refractivity contribution in [3.05, 3.63) is 65.2 Å². The van der Waals surface area contributed by atoms with E-state index in [9.17, 15) is 9.59 Å². The third-order valence-corrected chi connectivity index (χ3v) is 3.73. The van der Waals surface area contributed by atoms with Crippen LogP contribution in [0.15, 0.2) is 48.5 Å². The van der Waals surface area contributed by atoms with Crippen LogP contribution in [-0.2, 0) is 22.4 Å². The lowest BCUT2D eigenvalue weighted by atomic mass is 10.1. The maximum Gasteiger partial charge on any atom is 0.328 e. The van der Waals surface area contributed by atoms with Gasteiger partial charge in [-0.3, -0.25) is 4.79 Å². The van der Waals surface area contributed by atoms with Crippen LogP contribution in [0.1, 0.15) is 16.7 Å². The molecule has 5 nitrogen and oxygen atoms in total. The maximum atomic E-state index is 12.1. The van der Waals surface area contributed by atoms with E-state index in [-0.39, 0.29) is 5.91 Å². The fraction of sp³-hybridized carbons (Fsp3) is 0.158. The fourth-order valence-corrected chi connectivity index (χ4v) is 2.59. The molecule has 1 aliphatic heterocycles. The minimum absolute atomic E-state index is 0.0947. The summed E-state index contributed by atoms with van der Waals surface area (Å²) >= 11 is 0. The first-order valence-corrected chi connectivity index (χ1v) is 7.66. The first-order valence-electron chi connectivity index (χ1n) is 7.66. The second kappa shape index (κ2) is 7.00. The molecule has 0 unspecified atom stereocenters. The number of carbonyl (C=O) groups excluding carboxylic acids is 1. The predicted molar refractivity (Wildman–Crippen MR) is 91.1 cm³/mol. The van der Waals surface area contributed by atoms with Crippen LogP contribution in [0.3, 0.4) is 0 Å². The zero-order valence-electron chi connectivity index (χ0n) is 13.0. The van der Waals surface area contributed by atoms with Crippen LogP contribution < -0.4 is 10.1 Å². The third-order valence-electron chi connectivity index (χ3n) is 3.73. The molecular weight excluding hydrogens is 306 g/mol. The number of fused-ring (bicyclic) bond motifs is 1. The number of carboxylic acid groups (broad SMARTS) is 1. The number of carboxylic acids is 1. The Hall–Kier alpha value is -3.08. The van der Waals surface area contributed by atoms with Gasteiger partial charge in [0, 0.05) is 18.2 Å². The summed E-state index contributed by atoms with van der Waals surface area (Å²) in [5.41, 5.74) is 3.54. The number of rotatable bonds is 5. The molecule has 1 heterocycles. The highest BCUT2D eigenvalue weighted by molar-refractivity contribution is 5.92. The number of amides is 1. The maximum absolute atomic E-state index is 12.1. The zero-order chi connectivity index (χ0) is 16.9. The monoisotopic (exact) mass is 323 g/mol. The smallest absolute Gasteiger partial charge is 0.328 e. The summed E-state index contributed by atoms with van der Waals surface area (Å²) in [4.78, 5) is 22.6. The summed E-state index contributed by atoms with van der Waals surface area (Å²) in [5, 5.41) is 11.4. The highest BCUT2D eigenvalue weighted by Crippen LogP contribution is 2.26. The van der Waals surface area contributed by atoms with E-state index in [0.29, 0.717) is 18.7 Å². The lowest BCUT2D eigenvalue weighted by Gasteiger charge is -2.07. The average molecular weight is 323 g/mol. The SMILES string of the molecule is O=C(O)C=Cc1ccc(NC(=O)Cc2ccc3c(c2)CCO3)cc1. The van der Waals surface area contributed by atoms with Gasteiger partial charge in [0.15, 0.2) is 0 Å². The van der Waals surface area contributed by atoms with Crippen molar-refractivity contribution in [1.29, 1.82) is 0 Å². The average Bonchev–Trinajstić information content (AvgIpc) is 3.01. The summed E-state index contributed by atoms with van der Waals surface area (Å²) in [6.07, 6.45) is 3.76. The molecule has 0 aliphatic carbocycles. The van der Waals surface area contributed by atoms with Crippen LogP contribution in [0.4, 0.5) is 5.69 Å². The van der Waals surface area contributed by atoms with Gasteiger partial charge in [-0.15, -0.1) is 0 Å². The number of nitrogens with one attached hydrogen (secondary N) is 1. The standard InChI is InChI=1S/C19H17NO4/c21-18(12-14-3-7-17-15(11-14)9-10-24-17)20-16-5-1-13(2-6-16)4-8-19(22)23/h1-8,11H,9-10,12H2,(H,20,21)(H,22,23). The van der Waals surface area contributed by atoms with E-state index in [1.165, 1.54) is 6.08 Å². The zero-order valence-corrected chi connectivity index (χ0v) is 13.0. The van der Waals surface area contributed by atoms with Crippen LogP contribution in [0.25, 0.3) is 6.08 Å². The van der Waals surface area contributed by atoms with Gasteiger partial charge in [-0.25, -0.2) is 4.79 Å². The number of aliphatic carboxylic acids is 1. The van der Waals surface area contributed by atoms with Gasteiger partial charge >= 0.3 is 5.97 Å². The van der Waals surface area contributed by atoms with Crippen molar-refractivity contribution in [2.45, 2.75) is 12.8 Å². The molecule has 0 radical (unpaired) electrons. The van der Waals surface area contributed by atoms with E-state index in [1.807, 2.05) is 18.2 Å². The Labute approximate surface area is 139 Å². The summed E-state index contributed by atoms with van der Waals surface area (Å²) in [6.45, 7) is 0.702. The van der Waals surface area contributed by atoms with E-state index in [2.05, 4.69) is 5.32 Å². The number of benzene rings is 2. The van der Waals surface area contributed by atoms with Crippen LogP contribution in [0.5, 0.6) is 5.75 Å². The van der Waals surface area contributed by atoms with Gasteiger partial charge in [0.2, 0.25) is 5.91 Å². The normalized spacial score (nSPS) is 12.7. The van der Waals surface area contributed by atoms with Crippen molar-refractivity contribution in [1.82, 2.24) is 0 Å². The molecule has 0 spiro atoms. The van der Waals surface area contributed by atoms with Gasteiger partial charge in [0.1, 0.15) is 5.75 Å². The van der Waals surface area contributed by atoms with Crippen molar-refractivity contribution < 1.29 is 19.4 Å². The first-order chi connectivity index (χ1) is 11.6. The van der Waals surface area contributed by atoms with Crippen molar-refractivity contribution >= 4 is 23.6 Å². The van der Waals surface area contributed by atoms with Gasteiger partial charge in [0.05, 0.1) is 13.0 Å². The Morgan fingerprint density at radius 1 is 1.17 bits per heavy atom. The van der Waals surface area contributed by atoms with Gasteiger partial charge in [-0.2, -0.15) is 0 Å². The van der Waals surface area contributed by atoms with E-state index < -0.39 is 5.97 Å². The largest absolute Gasteiger partial charge is 0.493 e. The Balaban J connectivity index is 1.59. The summed E-state index contributed by atoms with van der Waals surface area (Å²) in [6, 6.07) is 12.8. The first kappa shape index (κ1) is 15.8. The van der Waals surface area contributed by atoms with E-state index >= 15 is 0 Å². The van der Waals surface area contributed by atoms with E-state index in [1.54, 1.807) is 24.3 Å². The number of hydrogen-bond donors (Lipinski definition) is 2. The second-order valence-corrected chi connectivity index (χ2v) is 5.56. The number of anilines is 1. The molecule has 3 rings (SSSR count). The molecule has 0 bridgehead atoms. The van der Waals surface area contributed by atoms with Crippen molar-refractivity contribution in [2.24, 2.45) is 0 Å². The van der Waals surface area contributed by atoms with Gasteiger partial charge in [-0.05, 0) is 41.0 Å². The Bertz CT molecular complexity index is 794. The van der Waals surface area contributed by atoms with Crippen molar-refractivity contribution in [3.8, 4) is 5.75 Å². The lowest BCUT2D eigenvalue weighted by Crippen LogP contribution is -2.14. The second-order valence-electron chi connectivity index (χ2n) is 5.56. The molecule has 0 saturated heterocycles. The Morgan fingerprint density at radius 3 is 2.71 bits per heavy atom. The molecule has 2 aromatic rings. The molecule has 1 amide bonds. The topological polar surface area (TPSA) is 75.6 Å². The Morgan fingerprint density at radius 2 is 1.96 bits per heavy atom. The summed E-state index contributed by atoms with van der Waals surface area (Å²) in [5.74, 6) is -0.181. The number of ether oxygens (including phenoxy) is 1. The van der Waals surface area contributed by atoms with Crippen LogP contribution in [0, 0.1) is 0 Å². The highest BCUT2D eigenvalue weighted by Gasteiger charge is 2.13. The van der Waals surface area contributed by atoms with E-state index in [0.717, 1.165) is 34.9 Å². The van der Waals surface area contributed by atoms with E-state index in [4.69, 9.17) is 9.84 Å². The summed E-state index contributed by atoms with van der Waals surface area (Å²) in [7, 11) is 0. The quantitative estimate of drug-likeness (QED) is 0.830. The molecule has 122 valence electrons. The van der Waals surface area contributed by atoms with Crippen molar-refractivity contribution in [2.75, 3.05) is 11.9 Å². The molecular formula is C19H17NO4. The predicted octanol–water partition coefficient (Wildman–Crippen LogP) is 2.90. The molecule has 0 aromatic heterocycles. The number of hydrogen-bond acceptors (Lipinski definition) is 3. The lowest BCUT2D eigenvalue weighted by molar-refractivity contribution is -0.131. The molecule has 0 atom stereocenters. The van der Waals surface area contributed by atoms with Crippen LogP contribution >= 0.6 is 0 Å². The molecule has 0 saturated carbocycles.